The maximum Gasteiger partial charge on any atom is 0.264 e. The van der Waals surface area contributed by atoms with Crippen molar-refractivity contribution in [2.45, 2.75) is 17.7 Å². The number of aromatic nitrogens is 2. The molecule has 1 N–H and O–H groups in total. The predicted molar refractivity (Wildman–Crippen MR) is 129 cm³/mol. The zero-order valence-corrected chi connectivity index (χ0v) is 19.1. The Bertz CT molecular complexity index is 1420. The van der Waals surface area contributed by atoms with Crippen molar-refractivity contribution in [3.05, 3.63) is 89.6 Å². The molecule has 0 aliphatic carbocycles. The van der Waals surface area contributed by atoms with E-state index in [-0.39, 0.29) is 10.5 Å². The Morgan fingerprint density at radius 1 is 1.06 bits per heavy atom. The highest BCUT2D eigenvalue weighted by Crippen LogP contribution is 2.32. The zero-order chi connectivity index (χ0) is 22.8. The first-order valence-corrected chi connectivity index (χ1v) is 12.7. The Labute approximate surface area is 195 Å². The molecule has 4 aromatic rings. The summed E-state index contributed by atoms with van der Waals surface area (Å²) in [5, 5.41) is 5.02. The summed E-state index contributed by atoms with van der Waals surface area (Å²) in [6.45, 7) is 0.409. The van der Waals surface area contributed by atoms with Gasteiger partial charge in [0, 0.05) is 35.4 Å². The average Bonchev–Trinajstić information content (AvgIpc) is 3.33. The summed E-state index contributed by atoms with van der Waals surface area (Å²) in [4.78, 5) is 21.4. The van der Waals surface area contributed by atoms with Crippen LogP contribution in [0.15, 0.2) is 83.3 Å². The molecule has 0 fully saturated rings. The van der Waals surface area contributed by atoms with Gasteiger partial charge in [0.25, 0.3) is 15.9 Å². The average molecular weight is 477 g/mol. The van der Waals surface area contributed by atoms with Crippen molar-refractivity contribution in [2.75, 3.05) is 16.2 Å². The molecule has 2 aromatic heterocycles. The van der Waals surface area contributed by atoms with E-state index in [4.69, 9.17) is 0 Å². The molecule has 0 unspecified atom stereocenters. The van der Waals surface area contributed by atoms with Crippen LogP contribution in [0.4, 0.5) is 10.8 Å². The lowest BCUT2D eigenvalue weighted by Gasteiger charge is -2.30. The molecule has 166 valence electrons. The molecular weight excluding hydrogens is 456 g/mol. The summed E-state index contributed by atoms with van der Waals surface area (Å²) in [7, 11) is -3.80. The number of pyridine rings is 1. The standard InChI is InChI=1S/C24H20N4O3S2/c29-23(27-24-26-21(16-32-24)19-8-4-12-25-15-19)18-7-3-10-20(14-18)33(30,31)28-13-5-9-17-6-1-2-11-22(17)28/h1-4,6-8,10-12,14-16H,5,9,13H2,(H,26,27,29). The van der Waals surface area contributed by atoms with Crippen molar-refractivity contribution in [3.63, 3.8) is 0 Å². The molecule has 0 spiro atoms. The third-order valence-corrected chi connectivity index (χ3v) is 8.00. The number of rotatable bonds is 5. The van der Waals surface area contributed by atoms with Crippen LogP contribution in [0.3, 0.4) is 0 Å². The van der Waals surface area contributed by atoms with Gasteiger partial charge in [-0.25, -0.2) is 13.4 Å². The lowest BCUT2D eigenvalue weighted by Crippen LogP contribution is -2.35. The van der Waals surface area contributed by atoms with E-state index in [1.165, 1.54) is 27.8 Å². The van der Waals surface area contributed by atoms with Gasteiger partial charge in [-0.2, -0.15) is 0 Å². The van der Waals surface area contributed by atoms with Crippen LogP contribution in [-0.2, 0) is 16.4 Å². The number of aryl methyl sites for hydroxylation is 1. The van der Waals surface area contributed by atoms with Crippen molar-refractivity contribution < 1.29 is 13.2 Å². The molecule has 5 rings (SSSR count). The molecule has 9 heteroatoms. The second-order valence-electron chi connectivity index (χ2n) is 7.57. The number of hydrogen-bond acceptors (Lipinski definition) is 6. The second kappa shape index (κ2) is 8.76. The van der Waals surface area contributed by atoms with Gasteiger partial charge in [-0.05, 0) is 54.8 Å². The van der Waals surface area contributed by atoms with Crippen molar-refractivity contribution in [1.29, 1.82) is 0 Å². The van der Waals surface area contributed by atoms with E-state index in [9.17, 15) is 13.2 Å². The molecule has 1 aliphatic rings. The van der Waals surface area contributed by atoms with Gasteiger partial charge in [0.2, 0.25) is 0 Å². The smallest absolute Gasteiger partial charge is 0.264 e. The van der Waals surface area contributed by atoms with Crippen LogP contribution >= 0.6 is 11.3 Å². The van der Waals surface area contributed by atoms with Gasteiger partial charge in [-0.3, -0.25) is 19.4 Å². The molecule has 33 heavy (non-hydrogen) atoms. The summed E-state index contributed by atoms with van der Waals surface area (Å²) in [5.74, 6) is -0.418. The molecule has 1 aliphatic heterocycles. The second-order valence-corrected chi connectivity index (χ2v) is 10.3. The van der Waals surface area contributed by atoms with Crippen molar-refractivity contribution >= 4 is 38.1 Å². The number of fused-ring (bicyclic) bond motifs is 1. The van der Waals surface area contributed by atoms with Gasteiger partial charge in [0.05, 0.1) is 16.3 Å². The molecule has 0 saturated carbocycles. The maximum absolute atomic E-state index is 13.4. The lowest BCUT2D eigenvalue weighted by molar-refractivity contribution is 0.102. The Kier molecular flexibility index (Phi) is 5.65. The minimum Gasteiger partial charge on any atom is -0.298 e. The number of anilines is 2. The van der Waals surface area contributed by atoms with E-state index in [2.05, 4.69) is 15.3 Å². The van der Waals surface area contributed by atoms with E-state index in [1.54, 1.807) is 24.5 Å². The fourth-order valence-electron chi connectivity index (χ4n) is 3.82. The third kappa shape index (κ3) is 4.24. The summed E-state index contributed by atoms with van der Waals surface area (Å²) >= 11 is 1.29. The van der Waals surface area contributed by atoms with Crippen LogP contribution in [0, 0.1) is 0 Å². The van der Waals surface area contributed by atoms with Gasteiger partial charge in [0.1, 0.15) is 0 Å². The third-order valence-electron chi connectivity index (χ3n) is 5.43. The first-order valence-electron chi connectivity index (χ1n) is 10.4. The Balaban J connectivity index is 1.38. The maximum atomic E-state index is 13.4. The fourth-order valence-corrected chi connectivity index (χ4v) is 6.12. The lowest BCUT2D eigenvalue weighted by atomic mass is 10.0. The van der Waals surface area contributed by atoms with Gasteiger partial charge in [0.15, 0.2) is 5.13 Å². The number of nitrogens with one attached hydrogen (secondary N) is 1. The van der Waals surface area contributed by atoms with Crippen LogP contribution < -0.4 is 9.62 Å². The number of nitrogens with zero attached hydrogens (tertiary/aromatic N) is 3. The first-order chi connectivity index (χ1) is 16.0. The summed E-state index contributed by atoms with van der Waals surface area (Å²) in [6, 6.07) is 17.3. The quantitative estimate of drug-likeness (QED) is 0.455. The topological polar surface area (TPSA) is 92.3 Å². The molecular formula is C24H20N4O3S2. The van der Waals surface area contributed by atoms with E-state index in [1.807, 2.05) is 41.8 Å². The SMILES string of the molecule is O=C(Nc1nc(-c2cccnc2)cs1)c1cccc(S(=O)(=O)N2CCCc3ccccc32)c1. The molecule has 0 atom stereocenters. The van der Waals surface area contributed by atoms with Crippen LogP contribution in [0.1, 0.15) is 22.3 Å². The highest BCUT2D eigenvalue weighted by Gasteiger charge is 2.29. The largest absolute Gasteiger partial charge is 0.298 e. The Morgan fingerprint density at radius 2 is 1.94 bits per heavy atom. The molecule has 7 nitrogen and oxygen atoms in total. The molecule has 1 amide bonds. The van der Waals surface area contributed by atoms with Gasteiger partial charge >= 0.3 is 0 Å². The number of carbonyl (C=O) groups excluding carboxylic acids is 1. The summed E-state index contributed by atoms with van der Waals surface area (Å²) < 4.78 is 28.3. The van der Waals surface area contributed by atoms with E-state index < -0.39 is 15.9 Å². The van der Waals surface area contributed by atoms with E-state index >= 15 is 0 Å². The Morgan fingerprint density at radius 3 is 2.79 bits per heavy atom. The van der Waals surface area contributed by atoms with Crippen molar-refractivity contribution in [2.24, 2.45) is 0 Å². The molecule has 0 bridgehead atoms. The van der Waals surface area contributed by atoms with Gasteiger partial charge in [-0.1, -0.05) is 24.3 Å². The fraction of sp³-hybridized carbons (Fsp3) is 0.125. The number of carbonyl (C=O) groups is 1. The minimum absolute atomic E-state index is 0.0852. The number of benzene rings is 2. The van der Waals surface area contributed by atoms with Gasteiger partial charge < -0.3 is 0 Å². The number of thiazole rings is 1. The number of para-hydroxylation sites is 1. The molecule has 3 heterocycles. The van der Waals surface area contributed by atoms with E-state index in [0.717, 1.165) is 24.0 Å². The van der Waals surface area contributed by atoms with Crippen LogP contribution in [-0.4, -0.2) is 30.8 Å². The number of sulfonamides is 1. The highest BCUT2D eigenvalue weighted by atomic mass is 32.2. The highest BCUT2D eigenvalue weighted by molar-refractivity contribution is 7.92. The molecule has 2 aromatic carbocycles. The van der Waals surface area contributed by atoms with E-state index in [0.29, 0.717) is 23.1 Å². The normalized spacial score (nSPS) is 13.4. The summed E-state index contributed by atoms with van der Waals surface area (Å²) in [6.07, 6.45) is 4.98. The minimum atomic E-state index is -3.80. The van der Waals surface area contributed by atoms with Crippen LogP contribution in [0.5, 0.6) is 0 Å². The van der Waals surface area contributed by atoms with Crippen molar-refractivity contribution in [3.8, 4) is 11.3 Å². The zero-order valence-electron chi connectivity index (χ0n) is 17.5. The summed E-state index contributed by atoms with van der Waals surface area (Å²) in [5.41, 5.74) is 3.52. The number of amides is 1. The predicted octanol–water partition coefficient (Wildman–Crippen LogP) is 4.60. The first kappa shape index (κ1) is 21.3. The Hall–Kier alpha value is -3.56. The van der Waals surface area contributed by atoms with Crippen LogP contribution in [0.25, 0.3) is 11.3 Å². The van der Waals surface area contributed by atoms with Crippen molar-refractivity contribution in [1.82, 2.24) is 9.97 Å². The molecule has 0 radical (unpaired) electrons. The molecule has 0 saturated heterocycles. The van der Waals surface area contributed by atoms with Gasteiger partial charge in [-0.15, -0.1) is 11.3 Å². The monoisotopic (exact) mass is 476 g/mol. The van der Waals surface area contributed by atoms with Crippen LogP contribution in [0.2, 0.25) is 0 Å². The number of hydrogen-bond donors (Lipinski definition) is 1.